The first-order valence-corrected chi connectivity index (χ1v) is 9.43. The highest BCUT2D eigenvalue weighted by Gasteiger charge is 2.20. The fourth-order valence-corrected chi connectivity index (χ4v) is 2.96. The first-order chi connectivity index (χ1) is 10.8. The van der Waals surface area contributed by atoms with Gasteiger partial charge in [-0.25, -0.2) is 18.1 Å². The van der Waals surface area contributed by atoms with Crippen LogP contribution in [0.15, 0.2) is 18.2 Å². The molecule has 2 heterocycles. The van der Waals surface area contributed by atoms with Crippen LogP contribution in [0.5, 0.6) is 11.5 Å². The highest BCUT2D eigenvalue weighted by molar-refractivity contribution is 7.89. The second-order valence-corrected chi connectivity index (χ2v) is 7.99. The zero-order chi connectivity index (χ0) is 16.6. The molecule has 0 aliphatic carbocycles. The summed E-state index contributed by atoms with van der Waals surface area (Å²) >= 11 is 0. The molecule has 7 nitrogen and oxygen atoms in total. The number of sulfone groups is 1. The maximum atomic E-state index is 11.7. The molecule has 0 fully saturated rings. The van der Waals surface area contributed by atoms with Crippen molar-refractivity contribution >= 4 is 9.84 Å². The monoisotopic (exact) mass is 337 g/mol. The van der Waals surface area contributed by atoms with Gasteiger partial charge in [0.1, 0.15) is 24.8 Å². The molecule has 124 valence electrons. The number of hydrogen-bond acceptors (Lipinski definition) is 6. The molecule has 8 heteroatoms. The molecule has 23 heavy (non-hydrogen) atoms. The number of ether oxygens (including phenoxy) is 2. The van der Waals surface area contributed by atoms with E-state index in [0.717, 1.165) is 0 Å². The van der Waals surface area contributed by atoms with Crippen LogP contribution in [-0.2, 0) is 15.6 Å². The minimum absolute atomic E-state index is 0.103. The van der Waals surface area contributed by atoms with Gasteiger partial charge in [0.2, 0.25) is 0 Å². The second-order valence-electron chi connectivity index (χ2n) is 5.85. The average Bonchev–Trinajstić information content (AvgIpc) is 2.89. The summed E-state index contributed by atoms with van der Waals surface area (Å²) < 4.78 is 36.0. The number of aromatic nitrogens is 3. The van der Waals surface area contributed by atoms with Crippen molar-refractivity contribution in [3.8, 4) is 17.2 Å². The summed E-state index contributed by atoms with van der Waals surface area (Å²) in [5, 5.41) is 4.46. The van der Waals surface area contributed by atoms with Crippen LogP contribution in [0, 0.1) is 0 Å². The second kappa shape index (κ2) is 5.84. The van der Waals surface area contributed by atoms with Crippen molar-refractivity contribution in [1.82, 2.24) is 14.8 Å². The fraction of sp³-hybridized carbons (Fsp3) is 0.467. The van der Waals surface area contributed by atoms with Crippen LogP contribution in [0.3, 0.4) is 0 Å². The lowest BCUT2D eigenvalue weighted by molar-refractivity contribution is 0.171. The van der Waals surface area contributed by atoms with Crippen LogP contribution in [0.4, 0.5) is 0 Å². The summed E-state index contributed by atoms with van der Waals surface area (Å²) in [5.74, 6) is 2.24. The maximum Gasteiger partial charge on any atom is 0.163 e. The molecule has 0 saturated carbocycles. The van der Waals surface area contributed by atoms with Gasteiger partial charge in [-0.15, -0.1) is 0 Å². The number of benzene rings is 1. The quantitative estimate of drug-likeness (QED) is 0.844. The third kappa shape index (κ3) is 3.47. The molecule has 3 rings (SSSR count). The molecule has 0 radical (unpaired) electrons. The van der Waals surface area contributed by atoms with Crippen molar-refractivity contribution in [1.29, 1.82) is 0 Å². The minimum Gasteiger partial charge on any atom is -0.486 e. The predicted molar refractivity (Wildman–Crippen MR) is 85.0 cm³/mol. The van der Waals surface area contributed by atoms with Crippen molar-refractivity contribution in [3.63, 3.8) is 0 Å². The summed E-state index contributed by atoms with van der Waals surface area (Å²) in [6, 6.07) is 5.40. The molecule has 0 N–H and O–H groups in total. The smallest absolute Gasteiger partial charge is 0.163 e. The molecule has 0 spiro atoms. The molecule has 0 atom stereocenters. The van der Waals surface area contributed by atoms with Crippen LogP contribution < -0.4 is 9.47 Å². The largest absolute Gasteiger partial charge is 0.486 e. The number of hydrogen-bond donors (Lipinski definition) is 0. The van der Waals surface area contributed by atoms with Gasteiger partial charge >= 0.3 is 0 Å². The van der Waals surface area contributed by atoms with Gasteiger partial charge in [-0.3, -0.25) is 0 Å². The molecular formula is C15H19N3O4S. The van der Waals surface area contributed by atoms with E-state index in [1.165, 1.54) is 6.26 Å². The SMILES string of the molecule is CC(C)c1nc(CS(C)(=O)=O)n(-c2ccc3c(c2)OCCO3)n1. The molecule has 1 aromatic carbocycles. The van der Waals surface area contributed by atoms with Crippen LogP contribution in [0.1, 0.15) is 31.4 Å². The van der Waals surface area contributed by atoms with Gasteiger partial charge < -0.3 is 9.47 Å². The van der Waals surface area contributed by atoms with Crippen LogP contribution in [0.25, 0.3) is 5.69 Å². The zero-order valence-electron chi connectivity index (χ0n) is 13.3. The first-order valence-electron chi connectivity index (χ1n) is 7.37. The topological polar surface area (TPSA) is 83.3 Å². The summed E-state index contributed by atoms with van der Waals surface area (Å²) in [5.41, 5.74) is 0.701. The fourth-order valence-electron chi connectivity index (χ4n) is 2.31. The highest BCUT2D eigenvalue weighted by atomic mass is 32.2. The lowest BCUT2D eigenvalue weighted by atomic mass is 10.2. The van der Waals surface area contributed by atoms with Gasteiger partial charge in [-0.2, -0.15) is 5.10 Å². The van der Waals surface area contributed by atoms with Crippen LogP contribution in [-0.4, -0.2) is 42.7 Å². The van der Waals surface area contributed by atoms with Crippen LogP contribution >= 0.6 is 0 Å². The van der Waals surface area contributed by atoms with Crippen LogP contribution in [0.2, 0.25) is 0 Å². The average molecular weight is 337 g/mol. The van der Waals surface area contributed by atoms with Gasteiger partial charge in [0.05, 0.1) is 5.69 Å². The molecule has 0 bridgehead atoms. The lowest BCUT2D eigenvalue weighted by Gasteiger charge is -2.19. The van der Waals surface area contributed by atoms with E-state index in [4.69, 9.17) is 9.47 Å². The Hall–Kier alpha value is -2.09. The molecule has 1 aliphatic rings. The van der Waals surface area contributed by atoms with E-state index in [2.05, 4.69) is 10.1 Å². The lowest BCUT2D eigenvalue weighted by Crippen LogP contribution is -2.16. The highest BCUT2D eigenvalue weighted by Crippen LogP contribution is 2.32. The number of rotatable bonds is 4. The zero-order valence-corrected chi connectivity index (χ0v) is 14.1. The Morgan fingerprint density at radius 2 is 1.91 bits per heavy atom. The van der Waals surface area contributed by atoms with E-state index < -0.39 is 9.84 Å². The van der Waals surface area contributed by atoms with E-state index in [9.17, 15) is 8.42 Å². The molecule has 0 unspecified atom stereocenters. The van der Waals surface area contributed by atoms with Gasteiger partial charge in [-0.1, -0.05) is 13.8 Å². The van der Waals surface area contributed by atoms with Crippen molar-refractivity contribution in [3.05, 3.63) is 29.8 Å². The molecule has 1 aliphatic heterocycles. The van der Waals surface area contributed by atoms with Gasteiger partial charge in [0.15, 0.2) is 27.2 Å². The summed E-state index contributed by atoms with van der Waals surface area (Å²) in [6.45, 7) is 4.94. The normalized spacial score (nSPS) is 14.3. The van der Waals surface area contributed by atoms with E-state index in [-0.39, 0.29) is 11.7 Å². The Balaban J connectivity index is 2.07. The van der Waals surface area contributed by atoms with E-state index in [1.807, 2.05) is 19.9 Å². The van der Waals surface area contributed by atoms with E-state index >= 15 is 0 Å². The summed E-state index contributed by atoms with van der Waals surface area (Å²) in [7, 11) is -3.22. The van der Waals surface area contributed by atoms with Crippen molar-refractivity contribution in [2.75, 3.05) is 19.5 Å². The van der Waals surface area contributed by atoms with Crippen molar-refractivity contribution < 1.29 is 17.9 Å². The van der Waals surface area contributed by atoms with Gasteiger partial charge in [-0.05, 0) is 12.1 Å². The Labute approximate surface area is 135 Å². The predicted octanol–water partition coefficient (Wildman–Crippen LogP) is 1.71. The van der Waals surface area contributed by atoms with Gasteiger partial charge in [0, 0.05) is 18.2 Å². The summed E-state index contributed by atoms with van der Waals surface area (Å²) in [6.07, 6.45) is 1.19. The third-order valence-electron chi connectivity index (χ3n) is 3.37. The van der Waals surface area contributed by atoms with Crippen molar-refractivity contribution in [2.45, 2.75) is 25.5 Å². The van der Waals surface area contributed by atoms with E-state index in [1.54, 1.807) is 16.8 Å². The molecular weight excluding hydrogens is 318 g/mol. The minimum atomic E-state index is -3.22. The maximum absolute atomic E-state index is 11.7. The molecule has 0 amide bonds. The standard InChI is InChI=1S/C15H19N3O4S/c1-10(2)15-16-14(9-23(3,19)20)18(17-15)11-4-5-12-13(8-11)22-7-6-21-12/h4-5,8,10H,6-7,9H2,1-3H3. The molecule has 2 aromatic rings. The Morgan fingerprint density at radius 1 is 1.22 bits per heavy atom. The van der Waals surface area contributed by atoms with Crippen molar-refractivity contribution in [2.24, 2.45) is 0 Å². The Morgan fingerprint density at radius 3 is 2.57 bits per heavy atom. The number of nitrogens with zero attached hydrogens (tertiary/aromatic N) is 3. The Bertz CT molecular complexity index is 827. The molecule has 1 aromatic heterocycles. The third-order valence-corrected chi connectivity index (χ3v) is 4.15. The van der Waals surface area contributed by atoms with E-state index in [0.29, 0.717) is 42.0 Å². The number of fused-ring (bicyclic) bond motifs is 1. The Kier molecular flexibility index (Phi) is 4.01. The molecule has 0 saturated heterocycles. The first kappa shape index (κ1) is 15.8. The van der Waals surface area contributed by atoms with Gasteiger partial charge in [0.25, 0.3) is 0 Å². The summed E-state index contributed by atoms with van der Waals surface area (Å²) in [4.78, 5) is 4.38.